The molecule has 1 heterocycles. The minimum absolute atomic E-state index is 0.00119. The molecule has 0 radical (unpaired) electrons. The first-order valence-electron chi connectivity index (χ1n) is 11.1. The number of nitro benzene ring substituents is 1. The van der Waals surface area contributed by atoms with Crippen LogP contribution in [-0.2, 0) is 12.0 Å². The second-order valence-corrected chi connectivity index (χ2v) is 11.4. The summed E-state index contributed by atoms with van der Waals surface area (Å²) in [6, 6.07) is 15.3. The molecule has 0 saturated carbocycles. The molecule has 0 saturated heterocycles. The van der Waals surface area contributed by atoms with E-state index in [2.05, 4.69) is 37.0 Å². The molecule has 1 aromatic heterocycles. The van der Waals surface area contributed by atoms with Crippen molar-refractivity contribution in [1.29, 1.82) is 0 Å². The molecule has 0 atom stereocenters. The minimum Gasteiger partial charge on any atom is -0.481 e. The molecule has 8 nitrogen and oxygen atoms in total. The van der Waals surface area contributed by atoms with E-state index < -0.39 is 10.3 Å². The molecule has 4 aromatic rings. The molecule has 11 heteroatoms. The van der Waals surface area contributed by atoms with Crippen molar-refractivity contribution >= 4 is 66.3 Å². The van der Waals surface area contributed by atoms with E-state index in [1.165, 1.54) is 17.0 Å². The summed E-state index contributed by atoms with van der Waals surface area (Å²) in [5, 5.41) is 17.2. The Morgan fingerprint density at radius 3 is 2.54 bits per heavy atom. The molecule has 0 spiro atoms. The van der Waals surface area contributed by atoms with Crippen LogP contribution in [0.2, 0.25) is 5.02 Å². The monoisotopic (exact) mass is 646 g/mol. The number of nitro groups is 1. The standard InChI is InChI=1S/C26H21Br2ClN4O4/c1-26(2,3)25-31-21-9-8-17(27)11-19(21)24(34)32(25)30-13-16-10-18(28)12-22(33(35)36)23(16)37-14-15-6-4-5-7-20(15)29/h4-13H,14H2,1-3H3. The van der Waals surface area contributed by atoms with Gasteiger partial charge in [0.05, 0.1) is 22.0 Å². The van der Waals surface area contributed by atoms with Gasteiger partial charge in [0.1, 0.15) is 12.4 Å². The second kappa shape index (κ2) is 10.7. The van der Waals surface area contributed by atoms with Crippen molar-refractivity contribution in [3.8, 4) is 5.75 Å². The molecule has 190 valence electrons. The first kappa shape index (κ1) is 27.0. The minimum atomic E-state index is -0.536. The summed E-state index contributed by atoms with van der Waals surface area (Å²) < 4.78 is 8.31. The Morgan fingerprint density at radius 1 is 1.14 bits per heavy atom. The third-order valence-electron chi connectivity index (χ3n) is 5.38. The van der Waals surface area contributed by atoms with Crippen LogP contribution in [0.1, 0.15) is 37.7 Å². The molecular weight excluding hydrogens is 628 g/mol. The lowest BCUT2D eigenvalue weighted by atomic mass is 9.95. The van der Waals surface area contributed by atoms with Crippen molar-refractivity contribution in [3.63, 3.8) is 0 Å². The maximum atomic E-state index is 13.5. The molecule has 4 rings (SSSR count). The number of aromatic nitrogens is 2. The number of hydrogen-bond acceptors (Lipinski definition) is 6. The highest BCUT2D eigenvalue weighted by molar-refractivity contribution is 9.10. The van der Waals surface area contributed by atoms with Crippen molar-refractivity contribution in [2.75, 3.05) is 0 Å². The van der Waals surface area contributed by atoms with Crippen LogP contribution in [0, 0.1) is 10.1 Å². The summed E-state index contributed by atoms with van der Waals surface area (Å²) in [5.41, 5.74) is 0.368. The predicted octanol–water partition coefficient (Wildman–Crippen LogP) is 7.24. The molecule has 0 aliphatic carbocycles. The van der Waals surface area contributed by atoms with Crippen LogP contribution in [0.25, 0.3) is 10.9 Å². The van der Waals surface area contributed by atoms with Crippen LogP contribution in [0.15, 0.2) is 73.4 Å². The molecule has 0 N–H and O–H groups in total. The van der Waals surface area contributed by atoms with Gasteiger partial charge in [-0.25, -0.2) is 4.98 Å². The molecule has 0 aliphatic rings. The quantitative estimate of drug-likeness (QED) is 0.125. The van der Waals surface area contributed by atoms with Crippen LogP contribution in [0.4, 0.5) is 5.69 Å². The zero-order valence-corrected chi connectivity index (χ0v) is 24.0. The number of halogens is 3. The van der Waals surface area contributed by atoms with Crippen LogP contribution < -0.4 is 10.3 Å². The lowest BCUT2D eigenvalue weighted by Gasteiger charge is -2.21. The molecule has 0 amide bonds. The van der Waals surface area contributed by atoms with E-state index in [1.807, 2.05) is 26.8 Å². The SMILES string of the molecule is CC(C)(C)c1nc2ccc(Br)cc2c(=O)n1N=Cc1cc(Br)cc([N+](=O)[O-])c1OCc1ccccc1Cl. The number of nitrogens with zero attached hydrogens (tertiary/aromatic N) is 4. The number of benzene rings is 3. The van der Waals surface area contributed by atoms with Crippen molar-refractivity contribution in [1.82, 2.24) is 9.66 Å². The molecule has 0 unspecified atom stereocenters. The summed E-state index contributed by atoms with van der Waals surface area (Å²) in [7, 11) is 0. The number of ether oxygens (including phenoxy) is 1. The maximum absolute atomic E-state index is 13.5. The van der Waals surface area contributed by atoms with Crippen LogP contribution in [0.5, 0.6) is 5.75 Å². The van der Waals surface area contributed by atoms with E-state index in [9.17, 15) is 14.9 Å². The summed E-state index contributed by atoms with van der Waals surface area (Å²) in [6.45, 7) is 5.77. The Labute approximate surface area is 234 Å². The van der Waals surface area contributed by atoms with Gasteiger partial charge in [0, 0.05) is 36.6 Å². The van der Waals surface area contributed by atoms with E-state index in [1.54, 1.807) is 42.5 Å². The number of fused-ring (bicyclic) bond motifs is 1. The fourth-order valence-corrected chi connectivity index (χ4v) is 4.63. The van der Waals surface area contributed by atoms with Gasteiger partial charge in [0.2, 0.25) is 5.75 Å². The van der Waals surface area contributed by atoms with Crippen molar-refractivity contribution in [3.05, 3.63) is 106 Å². The highest BCUT2D eigenvalue weighted by Gasteiger charge is 2.24. The summed E-state index contributed by atoms with van der Waals surface area (Å²) in [6.07, 6.45) is 1.36. The summed E-state index contributed by atoms with van der Waals surface area (Å²) in [4.78, 5) is 29.5. The smallest absolute Gasteiger partial charge is 0.312 e. The van der Waals surface area contributed by atoms with Crippen LogP contribution >= 0.6 is 43.5 Å². The normalized spacial score (nSPS) is 11.8. The summed E-state index contributed by atoms with van der Waals surface area (Å²) >= 11 is 13.0. The number of rotatable bonds is 6. The Bertz CT molecular complexity index is 1610. The Kier molecular flexibility index (Phi) is 7.82. The largest absolute Gasteiger partial charge is 0.481 e. The molecule has 0 bridgehead atoms. The van der Waals surface area contributed by atoms with E-state index in [4.69, 9.17) is 21.3 Å². The lowest BCUT2D eigenvalue weighted by molar-refractivity contribution is -0.386. The first-order chi connectivity index (χ1) is 17.5. The third-order valence-corrected chi connectivity index (χ3v) is 6.70. The Balaban J connectivity index is 1.87. The molecule has 3 aromatic carbocycles. The van der Waals surface area contributed by atoms with Crippen molar-refractivity contribution in [2.45, 2.75) is 32.8 Å². The fraction of sp³-hybridized carbons (Fsp3) is 0.192. The second-order valence-electron chi connectivity index (χ2n) is 9.19. The van der Waals surface area contributed by atoms with Gasteiger partial charge >= 0.3 is 5.69 Å². The van der Waals surface area contributed by atoms with Gasteiger partial charge in [0.25, 0.3) is 5.56 Å². The van der Waals surface area contributed by atoms with E-state index >= 15 is 0 Å². The first-order valence-corrected chi connectivity index (χ1v) is 13.0. The zero-order chi connectivity index (χ0) is 26.9. The average molecular weight is 649 g/mol. The Morgan fingerprint density at radius 2 is 1.86 bits per heavy atom. The third kappa shape index (κ3) is 5.92. The molecule has 37 heavy (non-hydrogen) atoms. The number of hydrogen-bond donors (Lipinski definition) is 0. The van der Waals surface area contributed by atoms with E-state index in [0.717, 1.165) is 4.47 Å². The van der Waals surface area contributed by atoms with E-state index in [-0.39, 0.29) is 23.6 Å². The molecule has 0 fully saturated rings. The van der Waals surface area contributed by atoms with Crippen LogP contribution in [-0.4, -0.2) is 20.8 Å². The van der Waals surface area contributed by atoms with Gasteiger partial charge < -0.3 is 4.74 Å². The van der Waals surface area contributed by atoms with Crippen molar-refractivity contribution < 1.29 is 9.66 Å². The lowest BCUT2D eigenvalue weighted by Crippen LogP contribution is -2.29. The highest BCUT2D eigenvalue weighted by Crippen LogP contribution is 2.35. The molecule has 0 aliphatic heterocycles. The van der Waals surface area contributed by atoms with Gasteiger partial charge in [-0.15, -0.1) is 0 Å². The predicted molar refractivity (Wildman–Crippen MR) is 152 cm³/mol. The van der Waals surface area contributed by atoms with Crippen molar-refractivity contribution in [2.24, 2.45) is 5.10 Å². The maximum Gasteiger partial charge on any atom is 0.312 e. The van der Waals surface area contributed by atoms with Gasteiger partial charge in [-0.3, -0.25) is 14.9 Å². The zero-order valence-electron chi connectivity index (χ0n) is 20.0. The van der Waals surface area contributed by atoms with Gasteiger partial charge in [-0.05, 0) is 30.3 Å². The van der Waals surface area contributed by atoms with Gasteiger partial charge in [-0.1, -0.05) is 82.4 Å². The van der Waals surface area contributed by atoms with Gasteiger partial charge in [0.15, 0.2) is 0 Å². The highest BCUT2D eigenvalue weighted by atomic mass is 79.9. The molecular formula is C26H21Br2ClN4O4. The van der Waals surface area contributed by atoms with Crippen LogP contribution in [0.3, 0.4) is 0 Å². The van der Waals surface area contributed by atoms with Gasteiger partial charge in [-0.2, -0.15) is 9.78 Å². The Hall–Kier alpha value is -3.08. The summed E-state index contributed by atoms with van der Waals surface area (Å²) in [5.74, 6) is 0.435. The average Bonchev–Trinajstić information content (AvgIpc) is 2.83. The van der Waals surface area contributed by atoms with E-state index in [0.29, 0.717) is 37.3 Å². The fourth-order valence-electron chi connectivity index (χ4n) is 3.62. The topological polar surface area (TPSA) is 99.6 Å².